The molecule has 0 aliphatic carbocycles. The van der Waals surface area contributed by atoms with Gasteiger partial charge in [-0.25, -0.2) is 0 Å². The Kier molecular flexibility index (Phi) is 6.27. The number of hydrogen-bond donors (Lipinski definition) is 0. The smallest absolute Gasteiger partial charge is 0.192 e. The van der Waals surface area contributed by atoms with Crippen LogP contribution >= 0.6 is 0 Å². The van der Waals surface area contributed by atoms with E-state index in [1.165, 1.54) is 0 Å². The van der Waals surface area contributed by atoms with Gasteiger partial charge in [0.25, 0.3) is 0 Å². The van der Waals surface area contributed by atoms with E-state index < -0.39 is 22.9 Å². The number of rotatable bonds is 6. The summed E-state index contributed by atoms with van der Waals surface area (Å²) in [6.07, 6.45) is -0.806. The molecular weight excluding hydrogens is 364 g/mol. The molecule has 2 rings (SSSR count). The standard InChI is InChI=1S/C19H40O5Si2/c1-18(2,3)25(8,9)23-15-14(13-12-21-13)22-17(20-7)16(15)24-26(10,11)19(4,5)6/h13-17H,12H2,1-11H3/t13-,14+,15+,16-,17-/m1/s1. The van der Waals surface area contributed by atoms with Crippen molar-refractivity contribution in [2.75, 3.05) is 13.7 Å². The van der Waals surface area contributed by atoms with Gasteiger partial charge in [0.15, 0.2) is 22.9 Å². The molecule has 5 atom stereocenters. The summed E-state index contributed by atoms with van der Waals surface area (Å²) in [5.41, 5.74) is 0. The Morgan fingerprint density at radius 1 is 0.808 bits per heavy atom. The van der Waals surface area contributed by atoms with E-state index in [9.17, 15) is 0 Å². The zero-order valence-corrected chi connectivity index (χ0v) is 20.6. The molecule has 0 unspecified atom stereocenters. The summed E-state index contributed by atoms with van der Waals surface area (Å²) in [7, 11) is -2.30. The molecule has 154 valence electrons. The first-order chi connectivity index (χ1) is 11.6. The van der Waals surface area contributed by atoms with Gasteiger partial charge in [0.05, 0.1) is 6.61 Å². The van der Waals surface area contributed by atoms with Gasteiger partial charge < -0.3 is 23.1 Å². The lowest BCUT2D eigenvalue weighted by atomic mass is 10.1. The van der Waals surface area contributed by atoms with Crippen molar-refractivity contribution in [3.63, 3.8) is 0 Å². The first-order valence-corrected chi connectivity index (χ1v) is 15.6. The Hall–Kier alpha value is 0.234. The van der Waals surface area contributed by atoms with Gasteiger partial charge in [0, 0.05) is 7.11 Å². The van der Waals surface area contributed by atoms with Crippen molar-refractivity contribution < 1.29 is 23.1 Å². The van der Waals surface area contributed by atoms with Gasteiger partial charge in [-0.1, -0.05) is 41.5 Å². The highest BCUT2D eigenvalue weighted by Crippen LogP contribution is 2.45. The number of ether oxygens (including phenoxy) is 3. The molecule has 0 aromatic heterocycles. The monoisotopic (exact) mass is 404 g/mol. The predicted octanol–water partition coefficient (Wildman–Crippen LogP) is 4.54. The minimum Gasteiger partial charge on any atom is -0.408 e. The van der Waals surface area contributed by atoms with E-state index in [0.717, 1.165) is 6.61 Å². The van der Waals surface area contributed by atoms with Crippen LogP contribution in [0.25, 0.3) is 0 Å². The van der Waals surface area contributed by atoms with Crippen molar-refractivity contribution in [1.82, 2.24) is 0 Å². The molecule has 0 spiro atoms. The Balaban J connectivity index is 2.31. The maximum Gasteiger partial charge on any atom is 0.192 e. The van der Waals surface area contributed by atoms with Crippen LogP contribution in [0.15, 0.2) is 0 Å². The van der Waals surface area contributed by atoms with E-state index in [2.05, 4.69) is 67.7 Å². The molecule has 2 fully saturated rings. The lowest BCUT2D eigenvalue weighted by Gasteiger charge is -2.43. The zero-order chi connectivity index (χ0) is 20.1. The lowest BCUT2D eigenvalue weighted by Crippen LogP contribution is -2.54. The third-order valence-electron chi connectivity index (χ3n) is 6.64. The number of epoxide rings is 1. The fourth-order valence-electron chi connectivity index (χ4n) is 2.68. The van der Waals surface area contributed by atoms with Gasteiger partial charge >= 0.3 is 0 Å². The van der Waals surface area contributed by atoms with Crippen molar-refractivity contribution in [3.8, 4) is 0 Å². The molecule has 7 heteroatoms. The maximum atomic E-state index is 6.83. The summed E-state index contributed by atoms with van der Waals surface area (Å²) in [6.45, 7) is 23.4. The molecule has 26 heavy (non-hydrogen) atoms. The molecule has 0 saturated carbocycles. The van der Waals surface area contributed by atoms with Gasteiger partial charge in [0.1, 0.15) is 24.4 Å². The van der Waals surface area contributed by atoms with Crippen molar-refractivity contribution in [2.45, 2.75) is 109 Å². The van der Waals surface area contributed by atoms with E-state index >= 15 is 0 Å². The van der Waals surface area contributed by atoms with Crippen molar-refractivity contribution in [3.05, 3.63) is 0 Å². The van der Waals surface area contributed by atoms with Gasteiger partial charge in [-0.15, -0.1) is 0 Å². The van der Waals surface area contributed by atoms with Crippen molar-refractivity contribution >= 4 is 16.6 Å². The Bertz CT molecular complexity index is 491. The van der Waals surface area contributed by atoms with E-state index in [-0.39, 0.29) is 34.5 Å². The molecule has 2 heterocycles. The van der Waals surface area contributed by atoms with Crippen LogP contribution in [0, 0.1) is 0 Å². The highest BCUT2D eigenvalue weighted by molar-refractivity contribution is 6.74. The lowest BCUT2D eigenvalue weighted by molar-refractivity contribution is -0.148. The van der Waals surface area contributed by atoms with Gasteiger partial charge in [-0.2, -0.15) is 0 Å². The second-order valence-electron chi connectivity index (χ2n) is 10.8. The second-order valence-corrected chi connectivity index (χ2v) is 20.3. The first kappa shape index (κ1) is 22.5. The molecule has 0 radical (unpaired) electrons. The van der Waals surface area contributed by atoms with E-state index in [1.54, 1.807) is 7.11 Å². The first-order valence-electron chi connectivity index (χ1n) is 9.76. The number of hydrogen-bond acceptors (Lipinski definition) is 5. The van der Waals surface area contributed by atoms with E-state index in [4.69, 9.17) is 23.1 Å². The summed E-state index contributed by atoms with van der Waals surface area (Å²) in [6, 6.07) is 0. The van der Waals surface area contributed by atoms with Crippen LogP contribution < -0.4 is 0 Å². The van der Waals surface area contributed by atoms with Crippen LogP contribution in [0.5, 0.6) is 0 Å². The Labute approximate surface area is 162 Å². The summed E-state index contributed by atoms with van der Waals surface area (Å²) in [4.78, 5) is 0. The van der Waals surface area contributed by atoms with Crippen LogP contribution in [0.1, 0.15) is 41.5 Å². The highest BCUT2D eigenvalue weighted by atomic mass is 28.4. The van der Waals surface area contributed by atoms with Crippen molar-refractivity contribution in [1.29, 1.82) is 0 Å². The highest BCUT2D eigenvalue weighted by Gasteiger charge is 2.57. The Morgan fingerprint density at radius 2 is 1.23 bits per heavy atom. The topological polar surface area (TPSA) is 49.5 Å². The van der Waals surface area contributed by atoms with Crippen LogP contribution in [-0.2, 0) is 23.1 Å². The van der Waals surface area contributed by atoms with Crippen LogP contribution in [0.3, 0.4) is 0 Å². The molecule has 5 nitrogen and oxygen atoms in total. The number of methoxy groups -OCH3 is 1. The summed E-state index contributed by atoms with van der Waals surface area (Å²) >= 11 is 0. The van der Waals surface area contributed by atoms with Gasteiger partial charge in [0.2, 0.25) is 0 Å². The largest absolute Gasteiger partial charge is 0.408 e. The fourth-order valence-corrected chi connectivity index (χ4v) is 5.26. The second kappa shape index (κ2) is 7.24. The summed E-state index contributed by atoms with van der Waals surface area (Å²) in [5, 5.41) is 0.232. The molecule has 0 aromatic rings. The average Bonchev–Trinajstić information content (AvgIpc) is 3.22. The third-order valence-corrected chi connectivity index (χ3v) is 15.6. The molecule has 0 amide bonds. The van der Waals surface area contributed by atoms with Crippen LogP contribution in [0.2, 0.25) is 36.3 Å². The zero-order valence-electron chi connectivity index (χ0n) is 18.6. The minimum atomic E-state index is -2.00. The predicted molar refractivity (Wildman–Crippen MR) is 110 cm³/mol. The van der Waals surface area contributed by atoms with Crippen LogP contribution in [-0.4, -0.2) is 61.1 Å². The van der Waals surface area contributed by atoms with E-state index in [1.807, 2.05) is 0 Å². The molecule has 0 bridgehead atoms. The van der Waals surface area contributed by atoms with Gasteiger partial charge in [-0.05, 0) is 36.3 Å². The third kappa shape index (κ3) is 4.62. The molecule has 0 N–H and O–H groups in total. The normalized spacial score (nSPS) is 33.6. The summed E-state index contributed by atoms with van der Waals surface area (Å²) < 4.78 is 31.1. The van der Waals surface area contributed by atoms with Crippen molar-refractivity contribution in [2.24, 2.45) is 0 Å². The SMILES string of the molecule is CO[C@@H]1O[C@@H]([C@H]2CO2)[C@H](O[Si](C)(C)C(C)(C)C)[C@H]1O[Si](C)(C)C(C)(C)C. The maximum absolute atomic E-state index is 6.83. The van der Waals surface area contributed by atoms with E-state index in [0.29, 0.717) is 0 Å². The molecule has 0 aromatic carbocycles. The summed E-state index contributed by atoms with van der Waals surface area (Å²) in [5.74, 6) is 0. The quantitative estimate of drug-likeness (QED) is 0.480. The molecule has 2 aliphatic heterocycles. The minimum absolute atomic E-state index is 0.0930. The van der Waals surface area contributed by atoms with Crippen LogP contribution in [0.4, 0.5) is 0 Å². The van der Waals surface area contributed by atoms with Gasteiger partial charge in [-0.3, -0.25) is 0 Å². The average molecular weight is 405 g/mol. The molecular formula is C19H40O5Si2. The molecule has 2 saturated heterocycles. The Morgan fingerprint density at radius 3 is 1.58 bits per heavy atom. The molecule has 2 aliphatic rings. The fraction of sp³-hybridized carbons (Fsp3) is 1.00.